The molecule has 134 valence electrons. The summed E-state index contributed by atoms with van der Waals surface area (Å²) in [6, 6.07) is 6.46. The van der Waals surface area contributed by atoms with Gasteiger partial charge in [-0.3, -0.25) is 19.2 Å². The average Bonchev–Trinajstić information content (AvgIpc) is 2.52. The first-order valence-corrected chi connectivity index (χ1v) is 8.47. The number of hydrogen-bond acceptors (Lipinski definition) is 4. The number of halogens is 1. The fourth-order valence-electron chi connectivity index (χ4n) is 3.42. The zero-order valence-corrected chi connectivity index (χ0v) is 15.0. The molecule has 26 heavy (non-hydrogen) atoms. The van der Waals surface area contributed by atoms with E-state index in [1.807, 2.05) is 0 Å². The number of hydrogen-bond donors (Lipinski definition) is 2. The van der Waals surface area contributed by atoms with Gasteiger partial charge in [0.25, 0.3) is 0 Å². The average molecular weight is 373 g/mol. The van der Waals surface area contributed by atoms with E-state index in [4.69, 9.17) is 11.6 Å². The van der Waals surface area contributed by atoms with Gasteiger partial charge in [-0.15, -0.1) is 0 Å². The molecule has 3 rings (SSSR count). The zero-order chi connectivity index (χ0) is 19.0. The Morgan fingerprint density at radius 3 is 1.62 bits per heavy atom. The van der Waals surface area contributed by atoms with E-state index in [0.717, 1.165) is 0 Å². The highest BCUT2D eigenvalue weighted by Crippen LogP contribution is 2.37. The summed E-state index contributed by atoms with van der Waals surface area (Å²) in [7, 11) is 0. The molecule has 1 aromatic rings. The van der Waals surface area contributed by atoms with Crippen LogP contribution in [0, 0.1) is 11.8 Å². The van der Waals surface area contributed by atoms with Gasteiger partial charge in [-0.05, 0) is 31.5 Å². The molecule has 2 heterocycles. The molecular weight excluding hydrogens is 356 g/mol. The molecule has 2 aliphatic rings. The lowest BCUT2D eigenvalue weighted by atomic mass is 9.71. The number of amides is 2. The summed E-state index contributed by atoms with van der Waals surface area (Å²) in [5.74, 6) is -5.20. The normalized spacial score (nSPS) is 24.4. The second-order valence-electron chi connectivity index (χ2n) is 6.47. The van der Waals surface area contributed by atoms with Crippen molar-refractivity contribution in [2.24, 2.45) is 11.8 Å². The topological polar surface area (TPSA) is 92.3 Å². The Labute approximate surface area is 155 Å². The minimum absolute atomic E-state index is 0.432. The molecule has 2 amide bonds. The van der Waals surface area contributed by atoms with Crippen molar-refractivity contribution in [2.75, 3.05) is 0 Å². The predicted octanol–water partition coefficient (Wildman–Crippen LogP) is 1.86. The third-order valence-corrected chi connectivity index (χ3v) is 4.76. The summed E-state index contributed by atoms with van der Waals surface area (Å²) in [5.41, 5.74) is 1.39. The van der Waals surface area contributed by atoms with Gasteiger partial charge in [0, 0.05) is 34.5 Å². The lowest BCUT2D eigenvalue weighted by Crippen LogP contribution is -2.49. The summed E-state index contributed by atoms with van der Waals surface area (Å²) in [5, 5.41) is 5.70. The van der Waals surface area contributed by atoms with Gasteiger partial charge in [0.1, 0.15) is 11.8 Å². The van der Waals surface area contributed by atoms with E-state index in [1.54, 1.807) is 38.1 Å². The van der Waals surface area contributed by atoms with Gasteiger partial charge in [0.05, 0.1) is 0 Å². The Bertz CT molecular complexity index is 820. The van der Waals surface area contributed by atoms with Gasteiger partial charge in [-0.1, -0.05) is 23.7 Å². The molecule has 0 saturated heterocycles. The first kappa shape index (κ1) is 18.1. The van der Waals surface area contributed by atoms with Gasteiger partial charge in [-0.2, -0.15) is 0 Å². The highest BCUT2D eigenvalue weighted by molar-refractivity contribution is 6.30. The van der Waals surface area contributed by atoms with Crippen LogP contribution in [0.25, 0.3) is 0 Å². The van der Waals surface area contributed by atoms with Crippen molar-refractivity contribution in [1.82, 2.24) is 10.6 Å². The van der Waals surface area contributed by atoms with Crippen molar-refractivity contribution in [3.63, 3.8) is 0 Å². The fourth-order valence-corrected chi connectivity index (χ4v) is 3.55. The number of ketones is 2. The SMILES string of the molecule is CC1=CC(=O)[C@@H](C(c2ccc(Cl)cc2)[C@H]2C(=O)C=C(C)NC2=O)C(=O)N1. The molecular formula is C19H17ClN2O4. The van der Waals surface area contributed by atoms with Crippen LogP contribution in [0.15, 0.2) is 47.8 Å². The minimum atomic E-state index is -1.17. The maximum absolute atomic E-state index is 12.6. The number of benzene rings is 1. The number of allylic oxidation sites excluding steroid dienone is 4. The molecule has 7 heteroatoms. The van der Waals surface area contributed by atoms with Crippen LogP contribution in [0.1, 0.15) is 25.3 Å². The maximum atomic E-state index is 12.6. The standard InChI is InChI=1S/C19H17ClN2O4/c1-9-7-13(23)16(18(25)21-9)15(11-3-5-12(20)6-4-11)17-14(24)8-10(2)22-19(17)26/h3-8,15-17H,1-2H3,(H,21,25)(H,22,26)/t15?,16-,17+. The zero-order valence-electron chi connectivity index (χ0n) is 14.2. The van der Waals surface area contributed by atoms with Crippen LogP contribution in [0.5, 0.6) is 0 Å². The molecule has 2 aliphatic heterocycles. The van der Waals surface area contributed by atoms with E-state index in [9.17, 15) is 19.2 Å². The van der Waals surface area contributed by atoms with Gasteiger partial charge in [0.15, 0.2) is 11.6 Å². The Hall–Kier alpha value is -2.73. The summed E-state index contributed by atoms with van der Waals surface area (Å²) in [6.45, 7) is 3.21. The maximum Gasteiger partial charge on any atom is 0.235 e. The van der Waals surface area contributed by atoms with Gasteiger partial charge in [0.2, 0.25) is 11.8 Å². The van der Waals surface area contributed by atoms with E-state index in [1.165, 1.54) is 12.2 Å². The summed E-state index contributed by atoms with van der Waals surface area (Å²) < 4.78 is 0. The second-order valence-corrected chi connectivity index (χ2v) is 6.91. The van der Waals surface area contributed by atoms with E-state index in [0.29, 0.717) is 22.0 Å². The van der Waals surface area contributed by atoms with Gasteiger partial charge < -0.3 is 10.6 Å². The molecule has 6 nitrogen and oxygen atoms in total. The smallest absolute Gasteiger partial charge is 0.235 e. The monoisotopic (exact) mass is 372 g/mol. The number of nitrogens with one attached hydrogen (secondary N) is 2. The molecule has 0 fully saturated rings. The predicted molar refractivity (Wildman–Crippen MR) is 95.0 cm³/mol. The first-order valence-electron chi connectivity index (χ1n) is 8.09. The lowest BCUT2D eigenvalue weighted by Gasteiger charge is -2.33. The molecule has 0 bridgehead atoms. The van der Waals surface area contributed by atoms with Gasteiger partial charge in [-0.25, -0.2) is 0 Å². The summed E-state index contributed by atoms with van der Waals surface area (Å²) >= 11 is 5.93. The van der Waals surface area contributed by atoms with E-state index >= 15 is 0 Å². The van der Waals surface area contributed by atoms with Crippen LogP contribution in [0.3, 0.4) is 0 Å². The number of carbonyl (C=O) groups is 4. The molecule has 0 aromatic heterocycles. The van der Waals surface area contributed by atoms with E-state index < -0.39 is 41.1 Å². The van der Waals surface area contributed by atoms with E-state index in [2.05, 4.69) is 10.6 Å². The third-order valence-electron chi connectivity index (χ3n) is 4.51. The Morgan fingerprint density at radius 2 is 1.23 bits per heavy atom. The van der Waals surface area contributed by atoms with Crippen molar-refractivity contribution in [3.05, 3.63) is 58.4 Å². The van der Waals surface area contributed by atoms with Crippen molar-refractivity contribution in [1.29, 1.82) is 0 Å². The Kier molecular flexibility index (Phi) is 4.78. The highest BCUT2D eigenvalue weighted by atomic mass is 35.5. The van der Waals surface area contributed by atoms with Crippen LogP contribution >= 0.6 is 11.6 Å². The van der Waals surface area contributed by atoms with Crippen molar-refractivity contribution < 1.29 is 19.2 Å². The van der Waals surface area contributed by atoms with Crippen molar-refractivity contribution in [3.8, 4) is 0 Å². The molecule has 0 spiro atoms. The van der Waals surface area contributed by atoms with Crippen LogP contribution in [0.2, 0.25) is 5.02 Å². The Morgan fingerprint density at radius 1 is 0.808 bits per heavy atom. The highest BCUT2D eigenvalue weighted by Gasteiger charge is 2.47. The molecule has 3 atom stereocenters. The largest absolute Gasteiger partial charge is 0.329 e. The second kappa shape index (κ2) is 6.88. The quantitative estimate of drug-likeness (QED) is 0.792. The van der Waals surface area contributed by atoms with Crippen molar-refractivity contribution in [2.45, 2.75) is 19.8 Å². The third kappa shape index (κ3) is 3.32. The van der Waals surface area contributed by atoms with Crippen LogP contribution in [0.4, 0.5) is 0 Å². The minimum Gasteiger partial charge on any atom is -0.329 e. The number of carbonyl (C=O) groups excluding carboxylic acids is 4. The van der Waals surface area contributed by atoms with Crippen molar-refractivity contribution >= 4 is 35.0 Å². The van der Waals surface area contributed by atoms with Crippen LogP contribution in [-0.4, -0.2) is 23.4 Å². The lowest BCUT2D eigenvalue weighted by molar-refractivity contribution is -0.137. The molecule has 1 aromatic carbocycles. The molecule has 1 unspecified atom stereocenters. The molecule has 0 saturated carbocycles. The van der Waals surface area contributed by atoms with Gasteiger partial charge >= 0.3 is 0 Å². The molecule has 0 aliphatic carbocycles. The summed E-state index contributed by atoms with van der Waals surface area (Å²) in [4.78, 5) is 50.3. The Balaban J connectivity index is 2.13. The first-order chi connectivity index (χ1) is 12.3. The number of rotatable bonds is 3. The summed E-state index contributed by atoms with van der Waals surface area (Å²) in [6.07, 6.45) is 2.64. The van der Waals surface area contributed by atoms with Crippen LogP contribution in [-0.2, 0) is 19.2 Å². The molecule has 2 N–H and O–H groups in total. The van der Waals surface area contributed by atoms with Crippen LogP contribution < -0.4 is 10.6 Å². The molecule has 0 radical (unpaired) electrons. The fraction of sp³-hybridized carbons (Fsp3) is 0.263. The van der Waals surface area contributed by atoms with E-state index in [-0.39, 0.29) is 0 Å².